The van der Waals surface area contributed by atoms with Gasteiger partial charge in [-0.1, -0.05) is 41.6 Å². The number of hydrogen-bond acceptors (Lipinski definition) is 7. The van der Waals surface area contributed by atoms with Crippen molar-refractivity contribution in [3.05, 3.63) is 65.5 Å². The van der Waals surface area contributed by atoms with Crippen LogP contribution in [0.2, 0.25) is 0 Å². The minimum atomic E-state index is -3.01. The highest BCUT2D eigenvalue weighted by molar-refractivity contribution is 7.91. The lowest BCUT2D eigenvalue weighted by Crippen LogP contribution is -2.35. The lowest BCUT2D eigenvalue weighted by atomic mass is 10.1. The van der Waals surface area contributed by atoms with Gasteiger partial charge in [-0.15, -0.1) is 0 Å². The molecule has 8 heteroatoms. The highest BCUT2D eigenvalue weighted by Gasteiger charge is 2.33. The van der Waals surface area contributed by atoms with Crippen molar-refractivity contribution in [3.63, 3.8) is 0 Å². The summed E-state index contributed by atoms with van der Waals surface area (Å²) >= 11 is 0. The highest BCUT2D eigenvalue weighted by Crippen LogP contribution is 2.24. The van der Waals surface area contributed by atoms with E-state index in [2.05, 4.69) is 15.0 Å². The number of aryl methyl sites for hydroxylation is 1. The van der Waals surface area contributed by atoms with Crippen molar-refractivity contribution >= 4 is 9.84 Å². The zero-order valence-corrected chi connectivity index (χ0v) is 17.9. The molecule has 3 aromatic rings. The minimum Gasteiger partial charge on any atom is -0.497 e. The fourth-order valence-electron chi connectivity index (χ4n) is 3.77. The van der Waals surface area contributed by atoms with Gasteiger partial charge in [-0.05, 0) is 36.6 Å². The first-order valence-electron chi connectivity index (χ1n) is 9.89. The molecule has 2 heterocycles. The van der Waals surface area contributed by atoms with Crippen molar-refractivity contribution < 1.29 is 17.7 Å². The summed E-state index contributed by atoms with van der Waals surface area (Å²) in [5.41, 5.74) is 3.07. The number of benzene rings is 2. The molecule has 0 spiro atoms. The zero-order chi connectivity index (χ0) is 21.1. The lowest BCUT2D eigenvalue weighted by molar-refractivity contribution is 0.169. The van der Waals surface area contributed by atoms with Crippen LogP contribution >= 0.6 is 0 Å². The monoisotopic (exact) mass is 427 g/mol. The number of hydrogen-bond donors (Lipinski definition) is 0. The first-order chi connectivity index (χ1) is 14.4. The van der Waals surface area contributed by atoms with E-state index in [1.54, 1.807) is 7.11 Å². The maximum Gasteiger partial charge on any atom is 0.241 e. The summed E-state index contributed by atoms with van der Waals surface area (Å²) < 4.78 is 34.9. The molecule has 4 rings (SSSR count). The average Bonchev–Trinajstić information content (AvgIpc) is 3.34. The van der Waals surface area contributed by atoms with Crippen LogP contribution in [-0.2, 0) is 22.9 Å². The van der Waals surface area contributed by atoms with Crippen LogP contribution < -0.4 is 4.74 Å². The van der Waals surface area contributed by atoms with Crippen LogP contribution in [-0.4, -0.2) is 48.1 Å². The molecular formula is C22H25N3O4S. The molecule has 0 saturated carbocycles. The summed E-state index contributed by atoms with van der Waals surface area (Å²) in [4.78, 5) is 6.68. The topological polar surface area (TPSA) is 85.5 Å². The summed E-state index contributed by atoms with van der Waals surface area (Å²) in [7, 11) is -1.38. The Morgan fingerprint density at radius 3 is 2.57 bits per heavy atom. The Bertz CT molecular complexity index is 1110. The van der Waals surface area contributed by atoms with Gasteiger partial charge in [0.1, 0.15) is 5.75 Å². The second-order valence-electron chi connectivity index (χ2n) is 7.64. The fourth-order valence-corrected chi connectivity index (χ4v) is 5.53. The molecule has 0 aliphatic carbocycles. The van der Waals surface area contributed by atoms with Crippen LogP contribution in [0, 0.1) is 6.92 Å². The molecule has 1 atom stereocenters. The van der Waals surface area contributed by atoms with Crippen molar-refractivity contribution in [2.24, 2.45) is 0 Å². The predicted molar refractivity (Wildman–Crippen MR) is 114 cm³/mol. The molecule has 1 fully saturated rings. The molecule has 158 valence electrons. The number of ether oxygens (including phenoxy) is 1. The van der Waals surface area contributed by atoms with E-state index >= 15 is 0 Å². The second kappa shape index (κ2) is 8.57. The Morgan fingerprint density at radius 2 is 1.90 bits per heavy atom. The van der Waals surface area contributed by atoms with E-state index < -0.39 is 9.84 Å². The largest absolute Gasteiger partial charge is 0.497 e. The molecule has 1 aromatic heterocycles. The van der Waals surface area contributed by atoms with E-state index in [4.69, 9.17) is 9.26 Å². The van der Waals surface area contributed by atoms with Gasteiger partial charge >= 0.3 is 0 Å². The van der Waals surface area contributed by atoms with Crippen molar-refractivity contribution in [3.8, 4) is 17.1 Å². The van der Waals surface area contributed by atoms with Crippen LogP contribution in [0.3, 0.4) is 0 Å². The second-order valence-corrected chi connectivity index (χ2v) is 9.87. The fraction of sp³-hybridized carbons (Fsp3) is 0.364. The van der Waals surface area contributed by atoms with Crippen molar-refractivity contribution in [2.75, 3.05) is 18.6 Å². The Kier molecular flexibility index (Phi) is 5.87. The minimum absolute atomic E-state index is 0.0779. The van der Waals surface area contributed by atoms with Crippen molar-refractivity contribution in [1.82, 2.24) is 15.0 Å². The molecular weight excluding hydrogens is 402 g/mol. The predicted octanol–water partition coefficient (Wildman–Crippen LogP) is 3.24. The third-order valence-corrected chi connectivity index (χ3v) is 7.21. The number of nitrogens with zero attached hydrogens (tertiary/aromatic N) is 3. The standard InChI is InChI=1S/C22H25N3O4S/c1-16-5-3-4-6-20(16)22-23-21(29-24-22)14-25(18-11-12-30(26,27)15-18)13-17-7-9-19(28-2)10-8-17/h3-10,18H,11-15H2,1-2H3. The highest BCUT2D eigenvalue weighted by atomic mass is 32.2. The van der Waals surface area contributed by atoms with Gasteiger partial charge in [0.15, 0.2) is 9.84 Å². The van der Waals surface area contributed by atoms with E-state index in [9.17, 15) is 8.42 Å². The molecule has 0 radical (unpaired) electrons. The Balaban J connectivity index is 1.56. The summed E-state index contributed by atoms with van der Waals surface area (Å²) in [6.45, 7) is 2.99. The van der Waals surface area contributed by atoms with Crippen LogP contribution in [0.5, 0.6) is 5.75 Å². The van der Waals surface area contributed by atoms with Gasteiger partial charge in [0, 0.05) is 18.2 Å². The SMILES string of the molecule is COc1ccc(CN(Cc2nc(-c3ccccc3C)no2)C2CCS(=O)(=O)C2)cc1. The molecule has 0 bridgehead atoms. The van der Waals surface area contributed by atoms with Crippen LogP contribution in [0.1, 0.15) is 23.4 Å². The van der Waals surface area contributed by atoms with Gasteiger partial charge in [0.05, 0.1) is 25.2 Å². The summed E-state index contributed by atoms with van der Waals surface area (Å²) in [6, 6.07) is 15.6. The summed E-state index contributed by atoms with van der Waals surface area (Å²) in [6.07, 6.45) is 0.608. The Morgan fingerprint density at radius 1 is 1.13 bits per heavy atom. The van der Waals surface area contributed by atoms with Gasteiger partial charge in [-0.3, -0.25) is 4.90 Å². The van der Waals surface area contributed by atoms with Crippen molar-refractivity contribution in [1.29, 1.82) is 0 Å². The Hall–Kier alpha value is -2.71. The van der Waals surface area contributed by atoms with E-state index in [-0.39, 0.29) is 17.5 Å². The van der Waals surface area contributed by atoms with E-state index in [0.717, 1.165) is 22.4 Å². The molecule has 0 N–H and O–H groups in total. The summed E-state index contributed by atoms with van der Waals surface area (Å²) in [5, 5.41) is 4.14. The van der Waals surface area contributed by atoms with Gasteiger partial charge in [0.25, 0.3) is 0 Å². The van der Waals surface area contributed by atoms with Crippen LogP contribution in [0.15, 0.2) is 53.1 Å². The molecule has 0 amide bonds. The first-order valence-corrected chi connectivity index (χ1v) is 11.7. The quantitative estimate of drug-likeness (QED) is 0.572. The van der Waals surface area contributed by atoms with Crippen LogP contribution in [0.4, 0.5) is 0 Å². The van der Waals surface area contributed by atoms with Gasteiger partial charge in [-0.2, -0.15) is 4.98 Å². The number of methoxy groups -OCH3 is 1. The molecule has 2 aromatic carbocycles. The maximum atomic E-state index is 12.1. The molecule has 1 aliphatic rings. The number of sulfone groups is 1. The molecule has 1 aliphatic heterocycles. The molecule has 30 heavy (non-hydrogen) atoms. The van der Waals surface area contributed by atoms with Gasteiger partial charge < -0.3 is 9.26 Å². The maximum absolute atomic E-state index is 12.1. The van der Waals surface area contributed by atoms with Gasteiger partial charge in [-0.25, -0.2) is 8.42 Å². The summed E-state index contributed by atoms with van der Waals surface area (Å²) in [5.74, 6) is 2.18. The number of aromatic nitrogens is 2. The molecule has 1 saturated heterocycles. The van der Waals surface area contributed by atoms with Gasteiger partial charge in [0.2, 0.25) is 11.7 Å². The lowest BCUT2D eigenvalue weighted by Gasteiger charge is -2.26. The Labute approximate surface area is 176 Å². The zero-order valence-electron chi connectivity index (χ0n) is 17.1. The normalized spacial score (nSPS) is 18.0. The third kappa shape index (κ3) is 4.71. The smallest absolute Gasteiger partial charge is 0.241 e. The number of rotatable bonds is 7. The van der Waals surface area contributed by atoms with E-state index in [1.165, 1.54) is 0 Å². The molecule has 1 unspecified atom stereocenters. The van der Waals surface area contributed by atoms with E-state index in [1.807, 2.05) is 55.5 Å². The van der Waals surface area contributed by atoms with Crippen molar-refractivity contribution in [2.45, 2.75) is 32.5 Å². The molecule has 7 nitrogen and oxygen atoms in total. The van der Waals surface area contributed by atoms with Crippen LogP contribution in [0.25, 0.3) is 11.4 Å². The third-order valence-electron chi connectivity index (χ3n) is 5.46. The van der Waals surface area contributed by atoms with E-state index in [0.29, 0.717) is 31.2 Å². The first kappa shape index (κ1) is 20.6. The average molecular weight is 428 g/mol.